The number of halogens is 1. The molecule has 7 heteroatoms. The summed E-state index contributed by atoms with van der Waals surface area (Å²) in [4.78, 5) is 25.8. The third-order valence-corrected chi connectivity index (χ3v) is 4.21. The molecule has 152 valence electrons. The normalized spacial score (nSPS) is 14.8. The van der Waals surface area contributed by atoms with Crippen molar-refractivity contribution < 1.29 is 23.5 Å². The first-order valence-electron chi connectivity index (χ1n) is 9.36. The van der Waals surface area contributed by atoms with Crippen molar-refractivity contribution in [3.63, 3.8) is 0 Å². The van der Waals surface area contributed by atoms with E-state index in [1.165, 1.54) is 31.5 Å². The highest BCUT2D eigenvalue weighted by atomic mass is 19.1. The zero-order valence-corrected chi connectivity index (χ0v) is 16.6. The Kier molecular flexibility index (Phi) is 11.3. The quantitative estimate of drug-likeness (QED) is 0.674. The van der Waals surface area contributed by atoms with Gasteiger partial charge < -0.3 is 9.47 Å². The first-order valence-corrected chi connectivity index (χ1v) is 9.36. The van der Waals surface area contributed by atoms with Crippen molar-refractivity contribution in [1.82, 2.24) is 9.80 Å². The topological polar surface area (TPSA) is 59.1 Å². The number of ether oxygens (including phenoxy) is 2. The van der Waals surface area contributed by atoms with E-state index in [9.17, 15) is 14.0 Å². The summed E-state index contributed by atoms with van der Waals surface area (Å²) in [5.74, 6) is -0.614. The van der Waals surface area contributed by atoms with E-state index in [-0.39, 0.29) is 17.8 Å². The molecule has 0 spiro atoms. The van der Waals surface area contributed by atoms with Crippen LogP contribution in [0.25, 0.3) is 0 Å². The lowest BCUT2D eigenvalue weighted by molar-refractivity contribution is -0.142. The summed E-state index contributed by atoms with van der Waals surface area (Å²) in [5.41, 5.74) is 1.18. The van der Waals surface area contributed by atoms with Crippen LogP contribution in [0.4, 0.5) is 4.39 Å². The number of hydrogen-bond donors (Lipinski definition) is 0. The van der Waals surface area contributed by atoms with Crippen molar-refractivity contribution in [3.05, 3.63) is 35.6 Å². The van der Waals surface area contributed by atoms with Crippen LogP contribution in [-0.4, -0.2) is 74.2 Å². The fourth-order valence-corrected chi connectivity index (χ4v) is 2.59. The Morgan fingerprint density at radius 2 is 1.30 bits per heavy atom. The van der Waals surface area contributed by atoms with Gasteiger partial charge in [-0.1, -0.05) is 19.1 Å². The van der Waals surface area contributed by atoms with Crippen molar-refractivity contribution in [2.75, 3.05) is 52.5 Å². The van der Waals surface area contributed by atoms with Crippen molar-refractivity contribution in [3.8, 4) is 0 Å². The molecule has 1 saturated heterocycles. The second-order valence-corrected chi connectivity index (χ2v) is 6.34. The summed E-state index contributed by atoms with van der Waals surface area (Å²) < 4.78 is 22.0. The monoisotopic (exact) mass is 382 g/mol. The Bertz CT molecular complexity index is 530. The van der Waals surface area contributed by atoms with Gasteiger partial charge in [0.2, 0.25) is 0 Å². The lowest BCUT2D eigenvalue weighted by Crippen LogP contribution is -2.48. The SMILES string of the molecule is CC(=O)OCCN1CCN(CCOC(C)=O)CC1.CCc1ccc(F)cc1. The summed E-state index contributed by atoms with van der Waals surface area (Å²) in [6.45, 7) is 11.2. The van der Waals surface area contributed by atoms with E-state index in [0.717, 1.165) is 45.7 Å². The first-order chi connectivity index (χ1) is 12.9. The Labute approximate surface area is 161 Å². The fraction of sp³-hybridized carbons (Fsp3) is 0.600. The molecular weight excluding hydrogens is 351 g/mol. The molecule has 0 bridgehead atoms. The molecule has 6 nitrogen and oxygen atoms in total. The van der Waals surface area contributed by atoms with E-state index in [0.29, 0.717) is 13.2 Å². The molecule has 1 aromatic carbocycles. The van der Waals surface area contributed by atoms with Crippen molar-refractivity contribution in [2.45, 2.75) is 27.2 Å². The number of carbonyl (C=O) groups is 2. The molecule has 0 N–H and O–H groups in total. The van der Waals surface area contributed by atoms with Crippen LogP contribution in [0.2, 0.25) is 0 Å². The lowest BCUT2D eigenvalue weighted by Gasteiger charge is -2.34. The maximum absolute atomic E-state index is 12.2. The molecule has 2 rings (SSSR count). The van der Waals surface area contributed by atoms with Gasteiger partial charge in [0, 0.05) is 53.1 Å². The molecular formula is C20H31FN2O4. The highest BCUT2D eigenvalue weighted by Crippen LogP contribution is 2.02. The number of aryl methyl sites for hydroxylation is 1. The van der Waals surface area contributed by atoms with Crippen molar-refractivity contribution >= 4 is 11.9 Å². The molecule has 27 heavy (non-hydrogen) atoms. The van der Waals surface area contributed by atoms with E-state index < -0.39 is 0 Å². The Morgan fingerprint density at radius 3 is 1.63 bits per heavy atom. The Hall–Kier alpha value is -1.99. The van der Waals surface area contributed by atoms with Gasteiger partial charge in [-0.2, -0.15) is 0 Å². The summed E-state index contributed by atoms with van der Waals surface area (Å²) in [5, 5.41) is 0. The predicted octanol–water partition coefficient (Wildman–Crippen LogP) is 2.12. The smallest absolute Gasteiger partial charge is 0.302 e. The van der Waals surface area contributed by atoms with Crippen LogP contribution in [0.3, 0.4) is 0 Å². The van der Waals surface area contributed by atoms with E-state index in [1.807, 2.05) is 6.92 Å². The molecule has 1 heterocycles. The molecule has 0 amide bonds. The van der Waals surface area contributed by atoms with Gasteiger partial charge in [0.1, 0.15) is 19.0 Å². The van der Waals surface area contributed by atoms with E-state index in [4.69, 9.17) is 9.47 Å². The number of esters is 2. The zero-order chi connectivity index (χ0) is 20.1. The molecule has 1 aliphatic rings. The summed E-state index contributed by atoms with van der Waals surface area (Å²) in [6, 6.07) is 6.57. The highest BCUT2D eigenvalue weighted by Gasteiger charge is 2.16. The van der Waals surface area contributed by atoms with Gasteiger partial charge in [-0.25, -0.2) is 4.39 Å². The van der Waals surface area contributed by atoms with Gasteiger partial charge in [-0.3, -0.25) is 19.4 Å². The largest absolute Gasteiger partial charge is 0.465 e. The average Bonchev–Trinajstić information content (AvgIpc) is 2.64. The van der Waals surface area contributed by atoms with Crippen LogP contribution in [0.1, 0.15) is 26.3 Å². The van der Waals surface area contributed by atoms with Gasteiger partial charge >= 0.3 is 11.9 Å². The minimum atomic E-state index is -0.227. The van der Waals surface area contributed by atoms with E-state index in [2.05, 4.69) is 9.80 Å². The Balaban J connectivity index is 0.000000337. The summed E-state index contributed by atoms with van der Waals surface area (Å²) >= 11 is 0. The zero-order valence-electron chi connectivity index (χ0n) is 16.6. The minimum absolute atomic E-state index is 0.160. The molecule has 1 fully saturated rings. The van der Waals surface area contributed by atoms with Crippen LogP contribution in [-0.2, 0) is 25.5 Å². The number of rotatable bonds is 7. The highest BCUT2D eigenvalue weighted by molar-refractivity contribution is 5.66. The number of carbonyl (C=O) groups excluding carboxylic acids is 2. The first kappa shape index (κ1) is 23.0. The molecule has 0 aromatic heterocycles. The second-order valence-electron chi connectivity index (χ2n) is 6.34. The molecule has 0 radical (unpaired) electrons. The van der Waals surface area contributed by atoms with E-state index in [1.54, 1.807) is 12.1 Å². The van der Waals surface area contributed by atoms with Gasteiger partial charge in [0.15, 0.2) is 0 Å². The fourth-order valence-electron chi connectivity index (χ4n) is 2.59. The third-order valence-electron chi connectivity index (χ3n) is 4.21. The van der Waals surface area contributed by atoms with Crippen LogP contribution in [0, 0.1) is 5.82 Å². The predicted molar refractivity (Wildman–Crippen MR) is 102 cm³/mol. The van der Waals surface area contributed by atoms with Crippen molar-refractivity contribution in [1.29, 1.82) is 0 Å². The standard InChI is InChI=1S/C12H22N2O4.C8H9F/c1-11(15)17-9-7-13-3-5-14(6-4-13)8-10-18-12(2)16;1-2-7-3-5-8(9)6-4-7/h3-10H2,1-2H3;3-6H,2H2,1H3. The summed E-state index contributed by atoms with van der Waals surface area (Å²) in [6.07, 6.45) is 0.972. The molecule has 0 aliphatic carbocycles. The number of piperazine rings is 1. The van der Waals surface area contributed by atoms with Crippen LogP contribution in [0.5, 0.6) is 0 Å². The molecule has 0 atom stereocenters. The molecule has 1 aliphatic heterocycles. The second kappa shape index (κ2) is 13.2. The summed E-state index contributed by atoms with van der Waals surface area (Å²) in [7, 11) is 0. The van der Waals surface area contributed by atoms with Gasteiger partial charge in [-0.15, -0.1) is 0 Å². The maximum Gasteiger partial charge on any atom is 0.302 e. The average molecular weight is 382 g/mol. The Morgan fingerprint density at radius 1 is 0.889 bits per heavy atom. The molecule has 0 unspecified atom stereocenters. The van der Waals surface area contributed by atoms with Crippen LogP contribution in [0.15, 0.2) is 24.3 Å². The van der Waals surface area contributed by atoms with Gasteiger partial charge in [0.25, 0.3) is 0 Å². The molecule has 1 aromatic rings. The number of nitrogens with zero attached hydrogens (tertiary/aromatic N) is 2. The van der Waals surface area contributed by atoms with E-state index >= 15 is 0 Å². The number of benzene rings is 1. The molecule has 0 saturated carbocycles. The lowest BCUT2D eigenvalue weighted by atomic mass is 10.2. The van der Waals surface area contributed by atoms with Crippen molar-refractivity contribution in [2.24, 2.45) is 0 Å². The van der Waals surface area contributed by atoms with Crippen LogP contribution >= 0.6 is 0 Å². The maximum atomic E-state index is 12.2. The minimum Gasteiger partial charge on any atom is -0.465 e. The number of hydrogen-bond acceptors (Lipinski definition) is 6. The van der Waals surface area contributed by atoms with Crippen LogP contribution < -0.4 is 0 Å². The van der Waals surface area contributed by atoms with Gasteiger partial charge in [-0.05, 0) is 24.1 Å². The third kappa shape index (κ3) is 11.4. The van der Waals surface area contributed by atoms with Gasteiger partial charge in [0.05, 0.1) is 0 Å².